The third-order valence-corrected chi connectivity index (χ3v) is 10.3. The van der Waals surface area contributed by atoms with Crippen LogP contribution in [0.2, 0.25) is 0 Å². The van der Waals surface area contributed by atoms with Gasteiger partial charge in [0.25, 0.3) is 12.4 Å². The van der Waals surface area contributed by atoms with Gasteiger partial charge < -0.3 is 26.2 Å². The molecule has 0 radical (unpaired) electrons. The van der Waals surface area contributed by atoms with Crippen LogP contribution in [0.15, 0.2) is 46.9 Å². The number of thioether (sulfide) groups is 2. The molecule has 246 valence electrons. The molecule has 0 bridgehead atoms. The van der Waals surface area contributed by atoms with Crippen LogP contribution in [0.25, 0.3) is 0 Å². The summed E-state index contributed by atoms with van der Waals surface area (Å²) in [5.74, 6) is 4.36. The number of rotatable bonds is 19. The van der Waals surface area contributed by atoms with Crippen LogP contribution in [0, 0.1) is 20.2 Å². The molecule has 4 N–H and O–H groups in total. The maximum atomic E-state index is 10.4. The van der Waals surface area contributed by atoms with Crippen LogP contribution < -0.4 is 16.4 Å². The Bertz CT molecular complexity index is 1200. The molecule has 1 saturated heterocycles. The van der Waals surface area contributed by atoms with Gasteiger partial charge in [0.2, 0.25) is 0 Å². The van der Waals surface area contributed by atoms with E-state index in [2.05, 4.69) is 57.4 Å². The average Bonchev–Trinajstić information content (AvgIpc) is 3.73. The SMILES string of the molecule is CN(C)Cc1cc(CSCCN(C)C(N)=C[N+](=O)[O-])cs1.CNC(=C[N+](=O)[O-])NCCSCc1csc(CN2CCCC2)c1. The van der Waals surface area contributed by atoms with Gasteiger partial charge in [0, 0.05) is 73.0 Å². The van der Waals surface area contributed by atoms with Crippen LogP contribution in [0.1, 0.15) is 33.7 Å². The minimum atomic E-state index is -0.531. The normalized spacial score (nSPS) is 13.9. The maximum absolute atomic E-state index is 10.4. The molecule has 2 aromatic rings. The third-order valence-electron chi connectivity index (χ3n) is 6.32. The van der Waals surface area contributed by atoms with Crippen molar-refractivity contribution in [2.75, 3.05) is 65.9 Å². The van der Waals surface area contributed by atoms with E-state index in [1.807, 2.05) is 23.1 Å². The van der Waals surface area contributed by atoms with E-state index < -0.39 is 9.85 Å². The Balaban J connectivity index is 0.000000308. The van der Waals surface area contributed by atoms with Gasteiger partial charge in [-0.3, -0.25) is 25.1 Å². The number of likely N-dealkylation sites (tertiary alicyclic amines) is 1. The van der Waals surface area contributed by atoms with E-state index >= 15 is 0 Å². The molecule has 0 spiro atoms. The van der Waals surface area contributed by atoms with Crippen molar-refractivity contribution in [3.8, 4) is 0 Å². The monoisotopic (exact) mass is 686 g/mol. The van der Waals surface area contributed by atoms with E-state index in [9.17, 15) is 20.2 Å². The molecule has 12 nitrogen and oxygen atoms in total. The van der Waals surface area contributed by atoms with Gasteiger partial charge in [0.15, 0.2) is 11.6 Å². The van der Waals surface area contributed by atoms with Gasteiger partial charge >= 0.3 is 0 Å². The third kappa shape index (κ3) is 16.5. The maximum Gasteiger partial charge on any atom is 0.274 e. The summed E-state index contributed by atoms with van der Waals surface area (Å²) in [5, 5.41) is 31.0. The Kier molecular flexibility index (Phi) is 18.2. The van der Waals surface area contributed by atoms with Gasteiger partial charge in [0.05, 0.1) is 9.85 Å². The second-order valence-corrected chi connectivity index (χ2v) is 14.6. The van der Waals surface area contributed by atoms with Crippen LogP contribution >= 0.6 is 46.2 Å². The number of hydrogen-bond donors (Lipinski definition) is 3. The first-order valence-corrected chi connectivity index (χ1v) is 18.4. The average molecular weight is 687 g/mol. The second kappa shape index (κ2) is 21.3. The fraction of sp³-hybridized carbons (Fsp3) is 0.571. The molecule has 0 amide bonds. The van der Waals surface area contributed by atoms with Gasteiger partial charge in [-0.05, 0) is 74.0 Å². The zero-order valence-corrected chi connectivity index (χ0v) is 29.3. The summed E-state index contributed by atoms with van der Waals surface area (Å²) in [6, 6.07) is 4.55. The summed E-state index contributed by atoms with van der Waals surface area (Å²) >= 11 is 7.28. The fourth-order valence-corrected chi connectivity index (χ4v) is 8.01. The first-order chi connectivity index (χ1) is 21.0. The van der Waals surface area contributed by atoms with Crippen LogP contribution in [0.5, 0.6) is 0 Å². The minimum Gasteiger partial charge on any atom is -0.380 e. The van der Waals surface area contributed by atoms with Gasteiger partial charge in [-0.2, -0.15) is 23.5 Å². The van der Waals surface area contributed by atoms with Gasteiger partial charge in [-0.25, -0.2) is 0 Å². The topological polar surface area (TPSA) is 146 Å². The first kappa shape index (κ1) is 37.7. The molecule has 3 heterocycles. The minimum absolute atomic E-state index is 0.185. The fourth-order valence-electron chi connectivity index (χ4n) is 4.12. The molecule has 0 unspecified atom stereocenters. The highest BCUT2D eigenvalue weighted by Gasteiger charge is 2.13. The van der Waals surface area contributed by atoms with Gasteiger partial charge in [-0.1, -0.05) is 0 Å². The zero-order chi connectivity index (χ0) is 32.3. The molecule has 0 saturated carbocycles. The quantitative estimate of drug-likeness (QED) is 0.109. The second-order valence-electron chi connectivity index (χ2n) is 10.4. The number of nitrogens with two attached hydrogens (primary N) is 1. The summed E-state index contributed by atoms with van der Waals surface area (Å²) in [7, 11) is 7.55. The summed E-state index contributed by atoms with van der Waals surface area (Å²) in [6.07, 6.45) is 4.45. The van der Waals surface area contributed by atoms with Crippen molar-refractivity contribution >= 4 is 46.2 Å². The van der Waals surface area contributed by atoms with Crippen molar-refractivity contribution in [3.05, 3.63) is 88.0 Å². The number of hydrogen-bond acceptors (Lipinski definition) is 14. The van der Waals surface area contributed by atoms with Gasteiger partial charge in [-0.15, -0.1) is 22.7 Å². The molecular weight excluding hydrogens is 641 g/mol. The van der Waals surface area contributed by atoms with Crippen molar-refractivity contribution in [2.24, 2.45) is 5.73 Å². The first-order valence-electron chi connectivity index (χ1n) is 14.3. The predicted octanol–water partition coefficient (Wildman–Crippen LogP) is 4.47. The lowest BCUT2D eigenvalue weighted by Gasteiger charge is -2.16. The molecule has 44 heavy (non-hydrogen) atoms. The highest BCUT2D eigenvalue weighted by atomic mass is 32.2. The van der Waals surface area contributed by atoms with Crippen molar-refractivity contribution in [3.63, 3.8) is 0 Å². The Morgan fingerprint density at radius 3 is 2.18 bits per heavy atom. The summed E-state index contributed by atoms with van der Waals surface area (Å²) < 4.78 is 0. The molecule has 3 rings (SSSR count). The summed E-state index contributed by atoms with van der Waals surface area (Å²) in [6.45, 7) is 5.93. The van der Waals surface area contributed by atoms with Crippen molar-refractivity contribution in [1.82, 2.24) is 25.3 Å². The number of nitrogens with zero attached hydrogens (tertiary/aromatic N) is 5. The molecule has 16 heteroatoms. The number of nitro groups is 2. The van der Waals surface area contributed by atoms with E-state index in [1.165, 1.54) is 46.8 Å². The number of thiophene rings is 2. The largest absolute Gasteiger partial charge is 0.380 e. The smallest absolute Gasteiger partial charge is 0.274 e. The lowest BCUT2D eigenvalue weighted by molar-refractivity contribution is -0.404. The van der Waals surface area contributed by atoms with E-state index in [0.29, 0.717) is 18.9 Å². The van der Waals surface area contributed by atoms with E-state index in [0.717, 1.165) is 48.5 Å². The molecule has 0 aromatic carbocycles. The van der Waals surface area contributed by atoms with Crippen LogP contribution in [0.3, 0.4) is 0 Å². The lowest BCUT2D eigenvalue weighted by Crippen LogP contribution is -2.26. The highest BCUT2D eigenvalue weighted by molar-refractivity contribution is 7.98. The Labute approximate surface area is 277 Å². The van der Waals surface area contributed by atoms with Crippen molar-refractivity contribution in [1.29, 1.82) is 0 Å². The van der Waals surface area contributed by atoms with Crippen molar-refractivity contribution in [2.45, 2.75) is 37.4 Å². The number of nitrogens with one attached hydrogen (secondary N) is 2. The van der Waals surface area contributed by atoms with Crippen LogP contribution in [0.4, 0.5) is 0 Å². The Hall–Kier alpha value is -2.50. The van der Waals surface area contributed by atoms with E-state index in [-0.39, 0.29) is 5.82 Å². The Morgan fingerprint density at radius 1 is 1.00 bits per heavy atom. The Morgan fingerprint density at radius 2 is 1.59 bits per heavy atom. The molecule has 1 aliphatic rings. The molecule has 0 aliphatic carbocycles. The molecule has 1 aliphatic heterocycles. The van der Waals surface area contributed by atoms with E-state index in [4.69, 9.17) is 5.73 Å². The van der Waals surface area contributed by atoms with Crippen LogP contribution in [-0.2, 0) is 24.6 Å². The molecular formula is C28H46N8O4S4. The van der Waals surface area contributed by atoms with Crippen molar-refractivity contribution < 1.29 is 9.85 Å². The molecule has 2 aromatic heterocycles. The van der Waals surface area contributed by atoms with Gasteiger partial charge in [0.1, 0.15) is 0 Å². The predicted molar refractivity (Wildman–Crippen MR) is 187 cm³/mol. The molecule has 0 atom stereocenters. The zero-order valence-electron chi connectivity index (χ0n) is 26.0. The summed E-state index contributed by atoms with van der Waals surface area (Å²) in [4.78, 5) is 28.9. The molecule has 1 fully saturated rings. The summed E-state index contributed by atoms with van der Waals surface area (Å²) in [5.41, 5.74) is 8.30. The van der Waals surface area contributed by atoms with E-state index in [1.54, 1.807) is 42.1 Å². The highest BCUT2D eigenvalue weighted by Crippen LogP contribution is 2.23. The standard InChI is InChI=1S/C15H24N4O2S2.C13H22N4O2S2/c1-16-15(10-19(20)21)17-4-7-22-11-13-8-14(23-12-13)9-18-5-2-3-6-18;1-15(2)7-12-6-11(10-21-12)9-20-5-4-16(3)13(14)8-17(18)19/h8,10,12,16-17H,2-7,9,11H2,1H3;6,8,10H,4-5,7,9,14H2,1-3H3. The van der Waals surface area contributed by atoms with Crippen LogP contribution in [-0.4, -0.2) is 90.4 Å². The lowest BCUT2D eigenvalue weighted by atomic mass is 10.3.